The molecule has 0 amide bonds. The van der Waals surface area contributed by atoms with Crippen molar-refractivity contribution in [2.75, 3.05) is 32.8 Å². The molecule has 1 aromatic carbocycles. The number of rotatable bonds is 6. The Hall–Kier alpha value is -1.06. The van der Waals surface area contributed by atoms with Crippen LogP contribution in [0.1, 0.15) is 38.8 Å². The van der Waals surface area contributed by atoms with Gasteiger partial charge in [-0.2, -0.15) is 0 Å². The zero-order valence-electron chi connectivity index (χ0n) is 13.1. The zero-order chi connectivity index (χ0) is 14.4. The highest BCUT2D eigenvalue weighted by Gasteiger charge is 2.23. The fourth-order valence-corrected chi connectivity index (χ4v) is 2.91. The van der Waals surface area contributed by atoms with Gasteiger partial charge in [0.05, 0.1) is 6.61 Å². The molecule has 0 radical (unpaired) electrons. The van der Waals surface area contributed by atoms with Crippen LogP contribution >= 0.6 is 0 Å². The Morgan fingerprint density at radius 1 is 1.25 bits per heavy atom. The van der Waals surface area contributed by atoms with E-state index in [2.05, 4.69) is 48.3 Å². The van der Waals surface area contributed by atoms with E-state index >= 15 is 0 Å². The maximum atomic E-state index is 5.66. The zero-order valence-corrected chi connectivity index (χ0v) is 13.1. The normalized spacial score (nSPS) is 18.2. The van der Waals surface area contributed by atoms with Crippen LogP contribution in [0.3, 0.4) is 0 Å². The molecular weight excluding hydrogens is 248 g/mol. The predicted octanol–water partition coefficient (Wildman–Crippen LogP) is 3.08. The summed E-state index contributed by atoms with van der Waals surface area (Å²) in [5, 5.41) is 3.44. The second kappa shape index (κ2) is 7.65. The minimum absolute atomic E-state index is 0.512. The second-order valence-electron chi connectivity index (χ2n) is 5.94. The highest BCUT2D eigenvalue weighted by molar-refractivity contribution is 5.30. The molecule has 1 aromatic rings. The van der Waals surface area contributed by atoms with Crippen molar-refractivity contribution in [3.05, 3.63) is 29.8 Å². The van der Waals surface area contributed by atoms with Crippen LogP contribution in [-0.4, -0.2) is 37.7 Å². The summed E-state index contributed by atoms with van der Waals surface area (Å²) in [4.78, 5) is 2.61. The molecule has 1 heterocycles. The number of ether oxygens (including phenoxy) is 1. The van der Waals surface area contributed by atoms with Crippen LogP contribution in [0.2, 0.25) is 0 Å². The highest BCUT2D eigenvalue weighted by Crippen LogP contribution is 2.30. The van der Waals surface area contributed by atoms with Gasteiger partial charge in [0, 0.05) is 32.2 Å². The molecule has 1 fully saturated rings. The summed E-state index contributed by atoms with van der Waals surface area (Å²) in [6.07, 6.45) is 1.20. The summed E-state index contributed by atoms with van der Waals surface area (Å²) >= 11 is 0. The Labute approximate surface area is 123 Å². The Kier molecular flexibility index (Phi) is 5.86. The fourth-order valence-electron chi connectivity index (χ4n) is 2.91. The lowest BCUT2D eigenvalue weighted by Gasteiger charge is -2.36. The monoisotopic (exact) mass is 276 g/mol. The molecule has 20 heavy (non-hydrogen) atoms. The molecule has 0 spiro atoms. The third-order valence-corrected chi connectivity index (χ3v) is 3.84. The van der Waals surface area contributed by atoms with Crippen molar-refractivity contribution >= 4 is 0 Å². The first-order valence-electron chi connectivity index (χ1n) is 7.88. The Bertz CT molecular complexity index is 400. The number of piperazine rings is 1. The molecule has 0 unspecified atom stereocenters. The van der Waals surface area contributed by atoms with Crippen molar-refractivity contribution in [1.82, 2.24) is 10.2 Å². The van der Waals surface area contributed by atoms with E-state index in [-0.39, 0.29) is 0 Å². The van der Waals surface area contributed by atoms with Crippen LogP contribution in [0.25, 0.3) is 0 Å². The fraction of sp³-hybridized carbons (Fsp3) is 0.647. The van der Waals surface area contributed by atoms with E-state index in [4.69, 9.17) is 4.74 Å². The van der Waals surface area contributed by atoms with Gasteiger partial charge in [-0.15, -0.1) is 0 Å². The van der Waals surface area contributed by atoms with Gasteiger partial charge >= 0.3 is 0 Å². The third kappa shape index (κ3) is 4.22. The lowest BCUT2D eigenvalue weighted by Crippen LogP contribution is -2.45. The third-order valence-electron chi connectivity index (χ3n) is 3.84. The molecule has 1 saturated heterocycles. The van der Waals surface area contributed by atoms with Gasteiger partial charge in [-0.1, -0.05) is 26.0 Å². The van der Waals surface area contributed by atoms with Crippen LogP contribution in [0.5, 0.6) is 5.75 Å². The molecule has 0 aromatic heterocycles. The SMILES string of the molecule is CCOc1cccc([C@@H](CC(C)C)N2CCNCC2)c1. The minimum Gasteiger partial charge on any atom is -0.494 e. The van der Waals surface area contributed by atoms with E-state index in [1.54, 1.807) is 0 Å². The smallest absolute Gasteiger partial charge is 0.119 e. The molecule has 2 rings (SSSR count). The maximum Gasteiger partial charge on any atom is 0.119 e. The molecule has 0 bridgehead atoms. The number of nitrogens with zero attached hydrogens (tertiary/aromatic N) is 1. The van der Waals surface area contributed by atoms with Gasteiger partial charge in [0.15, 0.2) is 0 Å². The van der Waals surface area contributed by atoms with Gasteiger partial charge < -0.3 is 10.1 Å². The van der Waals surface area contributed by atoms with Crippen molar-refractivity contribution in [1.29, 1.82) is 0 Å². The van der Waals surface area contributed by atoms with Gasteiger partial charge in [0.25, 0.3) is 0 Å². The summed E-state index contributed by atoms with van der Waals surface area (Å²) in [7, 11) is 0. The number of nitrogens with one attached hydrogen (secondary N) is 1. The minimum atomic E-state index is 0.512. The van der Waals surface area contributed by atoms with Crippen molar-refractivity contribution < 1.29 is 4.74 Å². The van der Waals surface area contributed by atoms with Crippen LogP contribution in [0.4, 0.5) is 0 Å². The summed E-state index contributed by atoms with van der Waals surface area (Å²) in [5.41, 5.74) is 1.39. The maximum absolute atomic E-state index is 5.66. The number of benzene rings is 1. The van der Waals surface area contributed by atoms with Crippen molar-refractivity contribution in [3.63, 3.8) is 0 Å². The lowest BCUT2D eigenvalue weighted by molar-refractivity contribution is 0.154. The lowest BCUT2D eigenvalue weighted by atomic mass is 9.95. The molecule has 1 aliphatic heterocycles. The molecule has 112 valence electrons. The molecule has 1 aliphatic rings. The first-order chi connectivity index (χ1) is 9.70. The first kappa shape index (κ1) is 15.3. The average molecular weight is 276 g/mol. The van der Waals surface area contributed by atoms with Gasteiger partial charge in [-0.05, 0) is 37.0 Å². The van der Waals surface area contributed by atoms with Crippen LogP contribution in [-0.2, 0) is 0 Å². The van der Waals surface area contributed by atoms with Crippen molar-refractivity contribution in [2.45, 2.75) is 33.2 Å². The van der Waals surface area contributed by atoms with Crippen LogP contribution in [0, 0.1) is 5.92 Å². The first-order valence-corrected chi connectivity index (χ1v) is 7.88. The van der Waals surface area contributed by atoms with E-state index in [1.807, 2.05) is 6.92 Å². The predicted molar refractivity (Wildman–Crippen MR) is 84.2 cm³/mol. The van der Waals surface area contributed by atoms with E-state index in [1.165, 1.54) is 12.0 Å². The van der Waals surface area contributed by atoms with Gasteiger partial charge in [-0.3, -0.25) is 4.90 Å². The molecular formula is C17H28N2O. The quantitative estimate of drug-likeness (QED) is 0.864. The van der Waals surface area contributed by atoms with E-state index < -0.39 is 0 Å². The molecule has 3 nitrogen and oxygen atoms in total. The van der Waals surface area contributed by atoms with Crippen molar-refractivity contribution in [2.24, 2.45) is 5.92 Å². The summed E-state index contributed by atoms with van der Waals surface area (Å²) < 4.78 is 5.66. The summed E-state index contributed by atoms with van der Waals surface area (Å²) in [6, 6.07) is 9.15. The average Bonchev–Trinajstić information content (AvgIpc) is 2.46. The number of hydrogen-bond donors (Lipinski definition) is 1. The summed E-state index contributed by atoms with van der Waals surface area (Å²) in [6.45, 7) is 11.8. The van der Waals surface area contributed by atoms with Crippen LogP contribution in [0.15, 0.2) is 24.3 Å². The molecule has 1 atom stereocenters. The number of hydrogen-bond acceptors (Lipinski definition) is 3. The van der Waals surface area contributed by atoms with E-state index in [0.717, 1.165) is 38.5 Å². The Balaban J connectivity index is 2.18. The molecule has 1 N–H and O–H groups in total. The standard InChI is InChI=1S/C17H28N2O/c1-4-20-16-7-5-6-15(13-16)17(12-14(2)3)19-10-8-18-9-11-19/h5-7,13-14,17-18H,4,8-12H2,1-3H3/t17-/m1/s1. The van der Waals surface area contributed by atoms with Crippen LogP contribution < -0.4 is 10.1 Å². The highest BCUT2D eigenvalue weighted by atomic mass is 16.5. The molecule has 0 saturated carbocycles. The molecule has 0 aliphatic carbocycles. The van der Waals surface area contributed by atoms with E-state index in [9.17, 15) is 0 Å². The van der Waals surface area contributed by atoms with Crippen molar-refractivity contribution in [3.8, 4) is 5.75 Å². The van der Waals surface area contributed by atoms with Gasteiger partial charge in [0.2, 0.25) is 0 Å². The summed E-state index contributed by atoms with van der Waals surface area (Å²) in [5.74, 6) is 1.69. The Morgan fingerprint density at radius 3 is 2.65 bits per heavy atom. The topological polar surface area (TPSA) is 24.5 Å². The second-order valence-corrected chi connectivity index (χ2v) is 5.94. The van der Waals surface area contributed by atoms with Gasteiger partial charge in [0.1, 0.15) is 5.75 Å². The Morgan fingerprint density at radius 2 is 2.00 bits per heavy atom. The van der Waals surface area contributed by atoms with E-state index in [0.29, 0.717) is 12.0 Å². The largest absolute Gasteiger partial charge is 0.494 e. The molecule has 3 heteroatoms. The van der Waals surface area contributed by atoms with Gasteiger partial charge in [-0.25, -0.2) is 0 Å².